The van der Waals surface area contributed by atoms with Gasteiger partial charge in [-0.2, -0.15) is 0 Å². The lowest BCUT2D eigenvalue weighted by atomic mass is 10.1. The largest absolute Gasteiger partial charge is 0.496 e. The number of nitrogen functional groups attached to an aromatic ring is 1. The van der Waals surface area contributed by atoms with Crippen molar-refractivity contribution in [3.05, 3.63) is 23.8 Å². The molecule has 0 spiro atoms. The van der Waals surface area contributed by atoms with Crippen molar-refractivity contribution in [1.82, 2.24) is 5.32 Å². The third kappa shape index (κ3) is 3.67. The molecule has 0 unspecified atom stereocenters. The second kappa shape index (κ2) is 5.74. The molecule has 6 nitrogen and oxygen atoms in total. The standard InChI is InChI=1S/C11H14N2O4/c1-17-9-6-7(12)2-3-8(9)11(16)13-5-4-10(14)15/h2-3,6H,4-5,12H2,1H3,(H,13,16)(H,14,15). The second-order valence-corrected chi connectivity index (χ2v) is 3.36. The first-order chi connectivity index (χ1) is 8.04. The molecule has 1 aromatic rings. The number of benzene rings is 1. The van der Waals surface area contributed by atoms with Gasteiger partial charge in [-0.15, -0.1) is 0 Å². The van der Waals surface area contributed by atoms with E-state index in [1.165, 1.54) is 19.2 Å². The minimum Gasteiger partial charge on any atom is -0.496 e. The Morgan fingerprint density at radius 2 is 2.18 bits per heavy atom. The van der Waals surface area contributed by atoms with Gasteiger partial charge in [-0.05, 0) is 12.1 Å². The summed E-state index contributed by atoms with van der Waals surface area (Å²) < 4.78 is 5.02. The number of carbonyl (C=O) groups is 2. The fourth-order valence-corrected chi connectivity index (χ4v) is 1.27. The molecule has 0 aliphatic rings. The SMILES string of the molecule is COc1cc(N)ccc1C(=O)NCCC(=O)O. The zero-order chi connectivity index (χ0) is 12.8. The van der Waals surface area contributed by atoms with Crippen LogP contribution < -0.4 is 15.8 Å². The molecule has 0 heterocycles. The van der Waals surface area contributed by atoms with Crippen LogP contribution in [0.1, 0.15) is 16.8 Å². The van der Waals surface area contributed by atoms with Crippen molar-refractivity contribution >= 4 is 17.6 Å². The molecule has 0 aromatic heterocycles. The third-order valence-electron chi connectivity index (χ3n) is 2.09. The molecular weight excluding hydrogens is 224 g/mol. The number of nitrogens with two attached hydrogens (primary N) is 1. The number of aliphatic carboxylic acids is 1. The maximum absolute atomic E-state index is 11.7. The van der Waals surface area contributed by atoms with Gasteiger partial charge in [0.25, 0.3) is 5.91 Å². The Kier molecular flexibility index (Phi) is 4.33. The van der Waals surface area contributed by atoms with Crippen molar-refractivity contribution in [3.63, 3.8) is 0 Å². The zero-order valence-corrected chi connectivity index (χ0v) is 9.40. The van der Waals surface area contributed by atoms with E-state index in [2.05, 4.69) is 5.32 Å². The summed E-state index contributed by atoms with van der Waals surface area (Å²) in [5, 5.41) is 10.9. The fourth-order valence-electron chi connectivity index (χ4n) is 1.27. The molecule has 0 saturated heterocycles. The summed E-state index contributed by atoms with van der Waals surface area (Å²) in [6, 6.07) is 4.64. The first-order valence-corrected chi connectivity index (χ1v) is 4.98. The summed E-state index contributed by atoms with van der Waals surface area (Å²) in [6.45, 7) is 0.0711. The molecule has 1 rings (SSSR count). The highest BCUT2D eigenvalue weighted by atomic mass is 16.5. The van der Waals surface area contributed by atoms with Gasteiger partial charge in [-0.3, -0.25) is 9.59 Å². The van der Waals surface area contributed by atoms with E-state index in [0.717, 1.165) is 0 Å². The van der Waals surface area contributed by atoms with E-state index in [1.54, 1.807) is 6.07 Å². The van der Waals surface area contributed by atoms with Crippen LogP contribution in [0.25, 0.3) is 0 Å². The molecule has 1 aromatic carbocycles. The summed E-state index contributed by atoms with van der Waals surface area (Å²) in [4.78, 5) is 22.0. The first kappa shape index (κ1) is 12.8. The Bertz CT molecular complexity index is 431. The first-order valence-electron chi connectivity index (χ1n) is 4.98. The van der Waals surface area contributed by atoms with Crippen LogP contribution in [0.15, 0.2) is 18.2 Å². The Hall–Kier alpha value is -2.24. The summed E-state index contributed by atoms with van der Waals surface area (Å²) in [5.74, 6) is -0.990. The van der Waals surface area contributed by atoms with Crippen LogP contribution >= 0.6 is 0 Å². The van der Waals surface area contributed by atoms with E-state index >= 15 is 0 Å². The number of hydrogen-bond donors (Lipinski definition) is 3. The van der Waals surface area contributed by atoms with Crippen LogP contribution in [0.5, 0.6) is 5.75 Å². The summed E-state index contributed by atoms with van der Waals surface area (Å²) in [7, 11) is 1.43. The van der Waals surface area contributed by atoms with Crippen LogP contribution in [0.3, 0.4) is 0 Å². The van der Waals surface area contributed by atoms with E-state index < -0.39 is 5.97 Å². The van der Waals surface area contributed by atoms with Crippen LogP contribution in [0.2, 0.25) is 0 Å². The Balaban J connectivity index is 2.71. The van der Waals surface area contributed by atoms with E-state index in [-0.39, 0.29) is 18.9 Å². The van der Waals surface area contributed by atoms with Crippen molar-refractivity contribution in [2.24, 2.45) is 0 Å². The normalized spacial score (nSPS) is 9.71. The molecule has 0 fully saturated rings. The number of carbonyl (C=O) groups excluding carboxylic acids is 1. The highest BCUT2D eigenvalue weighted by Crippen LogP contribution is 2.21. The van der Waals surface area contributed by atoms with Gasteiger partial charge in [0.05, 0.1) is 19.1 Å². The Morgan fingerprint density at radius 1 is 1.47 bits per heavy atom. The van der Waals surface area contributed by atoms with Crippen LogP contribution in [0.4, 0.5) is 5.69 Å². The smallest absolute Gasteiger partial charge is 0.305 e. The van der Waals surface area contributed by atoms with Gasteiger partial charge in [-0.25, -0.2) is 0 Å². The maximum Gasteiger partial charge on any atom is 0.305 e. The van der Waals surface area contributed by atoms with Crippen molar-refractivity contribution < 1.29 is 19.4 Å². The lowest BCUT2D eigenvalue weighted by Crippen LogP contribution is -2.26. The highest BCUT2D eigenvalue weighted by molar-refractivity contribution is 5.97. The van der Waals surface area contributed by atoms with Crippen molar-refractivity contribution in [2.45, 2.75) is 6.42 Å². The van der Waals surface area contributed by atoms with Gasteiger partial charge in [0.1, 0.15) is 5.75 Å². The molecule has 0 atom stereocenters. The van der Waals surface area contributed by atoms with Crippen LogP contribution in [-0.2, 0) is 4.79 Å². The van der Waals surface area contributed by atoms with E-state index in [4.69, 9.17) is 15.6 Å². The topological polar surface area (TPSA) is 102 Å². The average molecular weight is 238 g/mol. The predicted octanol–water partition coefficient (Wildman–Crippen LogP) is 0.482. The summed E-state index contributed by atoms with van der Waals surface area (Å²) >= 11 is 0. The highest BCUT2D eigenvalue weighted by Gasteiger charge is 2.12. The second-order valence-electron chi connectivity index (χ2n) is 3.36. The molecular formula is C11H14N2O4. The molecule has 17 heavy (non-hydrogen) atoms. The van der Waals surface area contributed by atoms with Gasteiger partial charge in [0.2, 0.25) is 0 Å². The van der Waals surface area contributed by atoms with Crippen LogP contribution in [0, 0.1) is 0 Å². The minimum atomic E-state index is -0.963. The number of anilines is 1. The number of nitrogens with one attached hydrogen (secondary N) is 1. The van der Waals surface area contributed by atoms with Gasteiger partial charge in [0.15, 0.2) is 0 Å². The number of carboxylic acids is 1. The lowest BCUT2D eigenvalue weighted by Gasteiger charge is -2.09. The number of amides is 1. The van der Waals surface area contributed by atoms with E-state index in [0.29, 0.717) is 17.0 Å². The van der Waals surface area contributed by atoms with Gasteiger partial charge in [0, 0.05) is 18.3 Å². The zero-order valence-electron chi connectivity index (χ0n) is 9.40. The molecule has 0 aliphatic carbocycles. The molecule has 6 heteroatoms. The molecule has 0 bridgehead atoms. The Labute approximate surface area is 98.4 Å². The fraction of sp³-hybridized carbons (Fsp3) is 0.273. The quantitative estimate of drug-likeness (QED) is 0.648. The van der Waals surface area contributed by atoms with Gasteiger partial charge >= 0.3 is 5.97 Å². The van der Waals surface area contributed by atoms with Gasteiger partial charge < -0.3 is 20.9 Å². The molecule has 0 radical (unpaired) electrons. The molecule has 0 saturated carbocycles. The molecule has 1 amide bonds. The number of methoxy groups -OCH3 is 1. The summed E-state index contributed by atoms with van der Waals surface area (Å²) in [6.07, 6.45) is -0.122. The van der Waals surface area contributed by atoms with Crippen LogP contribution in [-0.4, -0.2) is 30.6 Å². The lowest BCUT2D eigenvalue weighted by molar-refractivity contribution is -0.136. The monoisotopic (exact) mass is 238 g/mol. The van der Waals surface area contributed by atoms with Crippen molar-refractivity contribution in [1.29, 1.82) is 0 Å². The Morgan fingerprint density at radius 3 is 2.76 bits per heavy atom. The van der Waals surface area contributed by atoms with Gasteiger partial charge in [-0.1, -0.05) is 0 Å². The summed E-state index contributed by atoms with van der Waals surface area (Å²) in [5.41, 5.74) is 6.37. The third-order valence-corrected chi connectivity index (χ3v) is 2.09. The van der Waals surface area contributed by atoms with Crippen molar-refractivity contribution in [3.8, 4) is 5.75 Å². The predicted molar refractivity (Wildman–Crippen MR) is 62.0 cm³/mol. The molecule has 0 aliphatic heterocycles. The van der Waals surface area contributed by atoms with E-state index in [1.807, 2.05) is 0 Å². The average Bonchev–Trinajstić information content (AvgIpc) is 2.28. The van der Waals surface area contributed by atoms with E-state index in [9.17, 15) is 9.59 Å². The number of hydrogen-bond acceptors (Lipinski definition) is 4. The molecule has 4 N–H and O–H groups in total. The van der Waals surface area contributed by atoms with Crippen molar-refractivity contribution in [2.75, 3.05) is 19.4 Å². The number of rotatable bonds is 5. The minimum absolute atomic E-state index is 0.0711. The maximum atomic E-state index is 11.7. The molecule has 92 valence electrons. The number of ether oxygens (including phenoxy) is 1. The number of carboxylic acid groups (broad SMARTS) is 1.